The number of nitrogens with one attached hydrogen (secondary N) is 1. The predicted molar refractivity (Wildman–Crippen MR) is 64.3 cm³/mol. The Labute approximate surface area is 105 Å². The highest BCUT2D eigenvalue weighted by Crippen LogP contribution is 2.28. The van der Waals surface area contributed by atoms with Crippen molar-refractivity contribution in [2.45, 2.75) is 44.7 Å². The molecule has 1 amide bonds. The first-order chi connectivity index (χ1) is 8.58. The number of carbonyl (C=O) groups excluding carboxylic acids is 1. The maximum absolute atomic E-state index is 11.7. The van der Waals surface area contributed by atoms with Gasteiger partial charge in [0.15, 0.2) is 0 Å². The van der Waals surface area contributed by atoms with Crippen LogP contribution in [0.15, 0.2) is 12.3 Å². The summed E-state index contributed by atoms with van der Waals surface area (Å²) in [6.07, 6.45) is 6.36. The fourth-order valence-corrected chi connectivity index (χ4v) is 2.16. The van der Waals surface area contributed by atoms with E-state index in [1.807, 2.05) is 4.68 Å². The van der Waals surface area contributed by atoms with Gasteiger partial charge in [-0.25, -0.2) is 0 Å². The molecule has 1 saturated carbocycles. The summed E-state index contributed by atoms with van der Waals surface area (Å²) >= 11 is 0. The Balaban J connectivity index is 2.00. The third kappa shape index (κ3) is 2.69. The van der Waals surface area contributed by atoms with Gasteiger partial charge in [0.05, 0.1) is 6.04 Å². The van der Waals surface area contributed by atoms with Crippen LogP contribution in [-0.4, -0.2) is 32.8 Å². The Morgan fingerprint density at radius 3 is 2.78 bits per heavy atom. The van der Waals surface area contributed by atoms with E-state index in [2.05, 4.69) is 10.4 Å². The van der Waals surface area contributed by atoms with Crippen LogP contribution in [0.2, 0.25) is 0 Å². The van der Waals surface area contributed by atoms with Crippen molar-refractivity contribution in [1.29, 1.82) is 0 Å². The van der Waals surface area contributed by atoms with Crippen molar-refractivity contribution < 1.29 is 14.7 Å². The van der Waals surface area contributed by atoms with Gasteiger partial charge < -0.3 is 10.4 Å². The van der Waals surface area contributed by atoms with E-state index in [0.717, 1.165) is 12.8 Å². The largest absolute Gasteiger partial charge is 0.480 e. The molecule has 0 radical (unpaired) electrons. The van der Waals surface area contributed by atoms with Gasteiger partial charge in [0.2, 0.25) is 0 Å². The summed E-state index contributed by atoms with van der Waals surface area (Å²) in [5, 5.41) is 15.3. The van der Waals surface area contributed by atoms with Gasteiger partial charge in [0.1, 0.15) is 11.7 Å². The number of carbonyl (C=O) groups is 2. The van der Waals surface area contributed by atoms with Crippen LogP contribution in [0.25, 0.3) is 0 Å². The van der Waals surface area contributed by atoms with Crippen LogP contribution in [-0.2, 0) is 4.79 Å². The van der Waals surface area contributed by atoms with Crippen LogP contribution in [0.4, 0.5) is 0 Å². The fraction of sp³-hybridized carbons (Fsp3) is 0.583. The first-order valence-electron chi connectivity index (χ1n) is 6.17. The van der Waals surface area contributed by atoms with Crippen LogP contribution in [0, 0.1) is 0 Å². The highest BCUT2D eigenvalue weighted by Gasteiger charge is 2.20. The number of aliphatic carboxylic acids is 1. The molecule has 1 aromatic heterocycles. The van der Waals surface area contributed by atoms with E-state index in [4.69, 9.17) is 5.11 Å². The van der Waals surface area contributed by atoms with Gasteiger partial charge in [-0.3, -0.25) is 14.3 Å². The molecule has 0 saturated heterocycles. The minimum absolute atomic E-state index is 0.273. The van der Waals surface area contributed by atoms with Gasteiger partial charge >= 0.3 is 5.97 Å². The van der Waals surface area contributed by atoms with Crippen LogP contribution < -0.4 is 5.32 Å². The van der Waals surface area contributed by atoms with Crippen molar-refractivity contribution in [3.63, 3.8) is 0 Å². The third-order valence-electron chi connectivity index (χ3n) is 3.26. The molecule has 0 spiro atoms. The molecular weight excluding hydrogens is 234 g/mol. The summed E-state index contributed by atoms with van der Waals surface area (Å²) in [4.78, 5) is 22.4. The van der Waals surface area contributed by atoms with E-state index < -0.39 is 17.9 Å². The van der Waals surface area contributed by atoms with E-state index in [0.29, 0.717) is 6.04 Å². The second-order valence-corrected chi connectivity index (χ2v) is 4.65. The Morgan fingerprint density at radius 1 is 1.50 bits per heavy atom. The molecule has 1 aliphatic carbocycles. The molecule has 1 heterocycles. The predicted octanol–water partition coefficient (Wildman–Crippen LogP) is 1.20. The minimum atomic E-state index is -1.06. The fourth-order valence-electron chi connectivity index (χ4n) is 2.16. The zero-order valence-corrected chi connectivity index (χ0v) is 10.3. The molecule has 1 aliphatic rings. The molecule has 6 heteroatoms. The first kappa shape index (κ1) is 12.6. The van der Waals surface area contributed by atoms with Gasteiger partial charge in [-0.05, 0) is 25.8 Å². The zero-order chi connectivity index (χ0) is 13.1. The molecule has 18 heavy (non-hydrogen) atoms. The number of hydrogen-bond donors (Lipinski definition) is 2. The molecule has 0 aromatic carbocycles. The standard InChI is InChI=1S/C12H17N3O3/c1-8(12(17)18)13-11(16)10-6-7-15(14-10)9-4-2-3-5-9/h6-9H,2-5H2,1H3,(H,13,16)(H,17,18)/t8-/m1/s1. The minimum Gasteiger partial charge on any atom is -0.480 e. The van der Waals surface area contributed by atoms with Crippen molar-refractivity contribution >= 4 is 11.9 Å². The van der Waals surface area contributed by atoms with E-state index >= 15 is 0 Å². The van der Waals surface area contributed by atoms with Gasteiger partial charge in [0.25, 0.3) is 5.91 Å². The molecule has 0 aliphatic heterocycles. The lowest BCUT2D eigenvalue weighted by atomic mass is 10.3. The van der Waals surface area contributed by atoms with Crippen molar-refractivity contribution in [3.05, 3.63) is 18.0 Å². The molecular formula is C12H17N3O3. The number of rotatable bonds is 4. The number of amides is 1. The van der Waals surface area contributed by atoms with Crippen LogP contribution in [0.5, 0.6) is 0 Å². The lowest BCUT2D eigenvalue weighted by molar-refractivity contribution is -0.138. The molecule has 1 fully saturated rings. The van der Waals surface area contributed by atoms with Crippen molar-refractivity contribution in [2.24, 2.45) is 0 Å². The maximum atomic E-state index is 11.7. The van der Waals surface area contributed by atoms with Crippen molar-refractivity contribution in [3.8, 4) is 0 Å². The van der Waals surface area contributed by atoms with Gasteiger partial charge in [-0.15, -0.1) is 0 Å². The number of carboxylic acid groups (broad SMARTS) is 1. The van der Waals surface area contributed by atoms with E-state index in [9.17, 15) is 9.59 Å². The highest BCUT2D eigenvalue weighted by molar-refractivity contribution is 5.94. The number of hydrogen-bond acceptors (Lipinski definition) is 3. The van der Waals surface area contributed by atoms with Gasteiger partial charge in [-0.1, -0.05) is 12.8 Å². The topological polar surface area (TPSA) is 84.2 Å². The number of carboxylic acids is 1. The van der Waals surface area contributed by atoms with E-state index in [-0.39, 0.29) is 5.69 Å². The summed E-state index contributed by atoms with van der Waals surface area (Å²) < 4.78 is 1.81. The molecule has 1 aromatic rings. The first-order valence-corrected chi connectivity index (χ1v) is 6.17. The number of aromatic nitrogens is 2. The van der Waals surface area contributed by atoms with Crippen LogP contribution in [0.3, 0.4) is 0 Å². The lowest BCUT2D eigenvalue weighted by Crippen LogP contribution is -2.38. The molecule has 1 atom stereocenters. The molecule has 0 unspecified atom stereocenters. The van der Waals surface area contributed by atoms with E-state index in [1.165, 1.54) is 19.8 Å². The summed E-state index contributed by atoms with van der Waals surface area (Å²) in [5.41, 5.74) is 0.273. The Bertz CT molecular complexity index is 449. The second kappa shape index (κ2) is 5.20. The summed E-state index contributed by atoms with van der Waals surface area (Å²) in [6.45, 7) is 1.42. The molecule has 2 rings (SSSR count). The monoisotopic (exact) mass is 251 g/mol. The maximum Gasteiger partial charge on any atom is 0.325 e. The van der Waals surface area contributed by atoms with E-state index in [1.54, 1.807) is 12.3 Å². The molecule has 0 bridgehead atoms. The Kier molecular flexibility index (Phi) is 3.64. The average Bonchev–Trinajstić information content (AvgIpc) is 2.99. The molecule has 98 valence electrons. The third-order valence-corrected chi connectivity index (χ3v) is 3.26. The van der Waals surface area contributed by atoms with Crippen LogP contribution in [0.1, 0.15) is 49.1 Å². The lowest BCUT2D eigenvalue weighted by Gasteiger charge is -2.09. The molecule has 6 nitrogen and oxygen atoms in total. The van der Waals surface area contributed by atoms with Crippen molar-refractivity contribution in [2.75, 3.05) is 0 Å². The number of nitrogens with zero attached hydrogens (tertiary/aromatic N) is 2. The van der Waals surface area contributed by atoms with Crippen LogP contribution >= 0.6 is 0 Å². The second-order valence-electron chi connectivity index (χ2n) is 4.65. The zero-order valence-electron chi connectivity index (χ0n) is 10.3. The van der Waals surface area contributed by atoms with Gasteiger partial charge in [-0.2, -0.15) is 5.10 Å². The summed E-state index contributed by atoms with van der Waals surface area (Å²) in [5.74, 6) is -1.50. The SMILES string of the molecule is C[C@@H](NC(=O)c1ccn(C2CCCC2)n1)C(=O)O. The Morgan fingerprint density at radius 2 is 2.17 bits per heavy atom. The average molecular weight is 251 g/mol. The van der Waals surface area contributed by atoms with Gasteiger partial charge in [0, 0.05) is 6.20 Å². The highest BCUT2D eigenvalue weighted by atomic mass is 16.4. The summed E-state index contributed by atoms with van der Waals surface area (Å²) in [7, 11) is 0. The Hall–Kier alpha value is -1.85. The normalized spacial score (nSPS) is 17.6. The molecule has 2 N–H and O–H groups in total. The summed E-state index contributed by atoms with van der Waals surface area (Å²) in [6, 6.07) is 1.10. The van der Waals surface area contributed by atoms with Crippen molar-refractivity contribution in [1.82, 2.24) is 15.1 Å². The smallest absolute Gasteiger partial charge is 0.325 e. The quantitative estimate of drug-likeness (QED) is 0.842.